The largest absolute Gasteiger partial charge is 0.504 e. The molecule has 0 amide bonds. The van der Waals surface area contributed by atoms with Crippen LogP contribution in [0.15, 0.2) is 6.07 Å². The predicted molar refractivity (Wildman–Crippen MR) is 52.3 cm³/mol. The zero-order chi connectivity index (χ0) is 10.0. The summed E-state index contributed by atoms with van der Waals surface area (Å²) in [5, 5.41) is 10.2. The maximum atomic E-state index is 9.63. The molecule has 0 heterocycles. The molecule has 3 nitrogen and oxygen atoms in total. The van der Waals surface area contributed by atoms with Gasteiger partial charge in [0.25, 0.3) is 0 Å². The molecule has 0 aliphatic heterocycles. The minimum atomic E-state index is 0.0758. The molecule has 1 rings (SSSR count). The molecule has 0 saturated heterocycles. The van der Waals surface area contributed by atoms with Gasteiger partial charge in [0.1, 0.15) is 0 Å². The van der Waals surface area contributed by atoms with Crippen molar-refractivity contribution in [3.63, 3.8) is 0 Å². The van der Waals surface area contributed by atoms with Gasteiger partial charge in [-0.25, -0.2) is 0 Å². The zero-order valence-corrected chi connectivity index (χ0v) is 8.35. The molecule has 0 aromatic heterocycles. The Labute approximate surface area is 82.1 Å². The fraction of sp³-hybridized carbons (Fsp3) is 0.333. The Balaban J connectivity index is 3.39. The van der Waals surface area contributed by atoms with E-state index in [0.717, 1.165) is 5.56 Å². The van der Waals surface area contributed by atoms with Gasteiger partial charge in [-0.1, -0.05) is 11.6 Å². The average molecular weight is 202 g/mol. The molecule has 13 heavy (non-hydrogen) atoms. The third-order valence-electron chi connectivity index (χ3n) is 2.01. The molecule has 0 spiro atoms. The minimum absolute atomic E-state index is 0.0758. The predicted octanol–water partition coefficient (Wildman–Crippen LogP) is 1.82. The van der Waals surface area contributed by atoms with Crippen LogP contribution in [0, 0.1) is 6.92 Å². The number of rotatable bonds is 2. The summed E-state index contributed by atoms with van der Waals surface area (Å²) in [6.45, 7) is 2.05. The van der Waals surface area contributed by atoms with Gasteiger partial charge in [-0.05, 0) is 12.5 Å². The van der Waals surface area contributed by atoms with Crippen LogP contribution < -0.4 is 10.5 Å². The lowest BCUT2D eigenvalue weighted by Crippen LogP contribution is -2.01. The summed E-state index contributed by atoms with van der Waals surface area (Å²) in [5.41, 5.74) is 6.89. The minimum Gasteiger partial charge on any atom is -0.504 e. The summed E-state index contributed by atoms with van der Waals surface area (Å²) in [5.74, 6) is 0.433. The van der Waals surface area contributed by atoms with Crippen molar-refractivity contribution in [2.45, 2.75) is 13.5 Å². The van der Waals surface area contributed by atoms with E-state index in [9.17, 15) is 5.11 Å². The van der Waals surface area contributed by atoms with E-state index in [1.807, 2.05) is 6.92 Å². The van der Waals surface area contributed by atoms with Gasteiger partial charge in [-0.15, -0.1) is 0 Å². The van der Waals surface area contributed by atoms with Crippen LogP contribution in [-0.2, 0) is 6.54 Å². The highest BCUT2D eigenvalue weighted by molar-refractivity contribution is 6.31. The molecule has 0 bridgehead atoms. The summed E-state index contributed by atoms with van der Waals surface area (Å²) in [6.07, 6.45) is 0. The van der Waals surface area contributed by atoms with E-state index in [1.165, 1.54) is 7.11 Å². The number of methoxy groups -OCH3 is 1. The number of phenolic OH excluding ortho intramolecular Hbond substituents is 1. The SMILES string of the molecule is COc1cc(Cl)c(C)c(CN)c1O. The molecular formula is C9H12ClNO2. The van der Waals surface area contributed by atoms with E-state index in [1.54, 1.807) is 6.07 Å². The lowest BCUT2D eigenvalue weighted by Gasteiger charge is -2.11. The number of ether oxygens (including phenoxy) is 1. The number of phenols is 1. The molecule has 0 atom stereocenters. The Morgan fingerprint density at radius 2 is 2.23 bits per heavy atom. The first-order valence-electron chi connectivity index (χ1n) is 3.86. The van der Waals surface area contributed by atoms with E-state index >= 15 is 0 Å². The van der Waals surface area contributed by atoms with Gasteiger partial charge >= 0.3 is 0 Å². The molecule has 3 N–H and O–H groups in total. The van der Waals surface area contributed by atoms with E-state index < -0.39 is 0 Å². The molecule has 4 heteroatoms. The van der Waals surface area contributed by atoms with Crippen LogP contribution in [-0.4, -0.2) is 12.2 Å². The molecule has 0 saturated carbocycles. The van der Waals surface area contributed by atoms with Gasteiger partial charge in [0, 0.05) is 23.2 Å². The Morgan fingerprint density at radius 1 is 1.62 bits per heavy atom. The van der Waals surface area contributed by atoms with Crippen LogP contribution in [0.1, 0.15) is 11.1 Å². The van der Waals surface area contributed by atoms with Gasteiger partial charge in [0.15, 0.2) is 11.5 Å². The summed E-state index contributed by atoms with van der Waals surface area (Å²) in [6, 6.07) is 1.57. The number of aromatic hydroxyl groups is 1. The van der Waals surface area contributed by atoms with E-state index in [2.05, 4.69) is 0 Å². The average Bonchev–Trinajstić information content (AvgIpc) is 2.12. The van der Waals surface area contributed by atoms with Crippen LogP contribution in [0.25, 0.3) is 0 Å². The smallest absolute Gasteiger partial charge is 0.162 e. The Bertz CT molecular complexity index is 326. The standard InChI is InChI=1S/C9H12ClNO2/c1-5-6(4-11)9(12)8(13-2)3-7(5)10/h3,12H,4,11H2,1-2H3. The van der Waals surface area contributed by atoms with Crippen molar-refractivity contribution in [2.24, 2.45) is 5.73 Å². The molecule has 1 aromatic carbocycles. The fourth-order valence-corrected chi connectivity index (χ4v) is 1.38. The summed E-state index contributed by atoms with van der Waals surface area (Å²) >= 11 is 5.90. The van der Waals surface area contributed by atoms with Crippen molar-refractivity contribution < 1.29 is 9.84 Å². The third kappa shape index (κ3) is 1.71. The van der Waals surface area contributed by atoms with Crippen molar-refractivity contribution in [3.8, 4) is 11.5 Å². The zero-order valence-electron chi connectivity index (χ0n) is 7.60. The first-order valence-corrected chi connectivity index (χ1v) is 4.24. The molecule has 72 valence electrons. The van der Waals surface area contributed by atoms with E-state index in [0.29, 0.717) is 16.3 Å². The van der Waals surface area contributed by atoms with Crippen molar-refractivity contribution in [1.29, 1.82) is 0 Å². The maximum absolute atomic E-state index is 9.63. The molecule has 0 unspecified atom stereocenters. The Morgan fingerprint density at radius 3 is 2.69 bits per heavy atom. The number of benzene rings is 1. The highest BCUT2D eigenvalue weighted by Gasteiger charge is 2.12. The summed E-state index contributed by atoms with van der Waals surface area (Å²) in [7, 11) is 1.47. The van der Waals surface area contributed by atoms with Crippen LogP contribution in [0.5, 0.6) is 11.5 Å². The topological polar surface area (TPSA) is 55.5 Å². The molecule has 0 fully saturated rings. The fourth-order valence-electron chi connectivity index (χ4n) is 1.17. The van der Waals surface area contributed by atoms with E-state index in [4.69, 9.17) is 22.1 Å². The molecule has 0 aliphatic carbocycles. The normalized spacial score (nSPS) is 10.2. The van der Waals surface area contributed by atoms with Gasteiger partial charge in [-0.3, -0.25) is 0 Å². The van der Waals surface area contributed by atoms with Crippen molar-refractivity contribution in [2.75, 3.05) is 7.11 Å². The molecule has 1 aromatic rings. The van der Waals surface area contributed by atoms with Crippen LogP contribution in [0.3, 0.4) is 0 Å². The first kappa shape index (κ1) is 10.2. The number of halogens is 1. The van der Waals surface area contributed by atoms with Crippen LogP contribution in [0.2, 0.25) is 5.02 Å². The quantitative estimate of drug-likeness (QED) is 0.768. The molecular weight excluding hydrogens is 190 g/mol. The number of nitrogens with two attached hydrogens (primary N) is 1. The second-order valence-corrected chi connectivity index (χ2v) is 3.12. The Hall–Kier alpha value is -0.930. The van der Waals surface area contributed by atoms with Crippen molar-refractivity contribution in [3.05, 3.63) is 22.2 Å². The lowest BCUT2D eigenvalue weighted by atomic mass is 10.1. The first-order chi connectivity index (χ1) is 6.11. The highest BCUT2D eigenvalue weighted by atomic mass is 35.5. The van der Waals surface area contributed by atoms with Gasteiger partial charge < -0.3 is 15.6 Å². The molecule has 0 aliphatic rings. The summed E-state index contributed by atoms with van der Waals surface area (Å²) < 4.78 is 4.93. The second kappa shape index (κ2) is 3.85. The van der Waals surface area contributed by atoms with Crippen molar-refractivity contribution >= 4 is 11.6 Å². The van der Waals surface area contributed by atoms with E-state index in [-0.39, 0.29) is 12.3 Å². The Kier molecular flexibility index (Phi) is 3.01. The maximum Gasteiger partial charge on any atom is 0.162 e. The van der Waals surface area contributed by atoms with Crippen LogP contribution >= 0.6 is 11.6 Å². The number of hydrogen-bond acceptors (Lipinski definition) is 3. The van der Waals surface area contributed by atoms with Crippen LogP contribution in [0.4, 0.5) is 0 Å². The third-order valence-corrected chi connectivity index (χ3v) is 2.40. The van der Waals surface area contributed by atoms with Crippen molar-refractivity contribution in [1.82, 2.24) is 0 Å². The molecule has 0 radical (unpaired) electrons. The monoisotopic (exact) mass is 201 g/mol. The lowest BCUT2D eigenvalue weighted by molar-refractivity contribution is 0.370. The number of hydrogen-bond donors (Lipinski definition) is 2. The van der Waals surface area contributed by atoms with Gasteiger partial charge in [-0.2, -0.15) is 0 Å². The second-order valence-electron chi connectivity index (χ2n) is 2.72. The van der Waals surface area contributed by atoms with Gasteiger partial charge in [0.2, 0.25) is 0 Å². The van der Waals surface area contributed by atoms with Gasteiger partial charge in [0.05, 0.1) is 7.11 Å². The highest BCUT2D eigenvalue weighted by Crippen LogP contribution is 2.36. The summed E-state index contributed by atoms with van der Waals surface area (Å²) in [4.78, 5) is 0.